The molecule has 1 aromatic heterocycles. The molecule has 2 N–H and O–H groups in total. The quantitative estimate of drug-likeness (QED) is 0.836. The second-order valence-electron chi connectivity index (χ2n) is 3.92. The van der Waals surface area contributed by atoms with Crippen LogP contribution in [-0.4, -0.2) is 32.5 Å². The maximum Gasteiger partial charge on any atom is 0.329 e. The monoisotopic (exact) mass is 255 g/mol. The zero-order chi connectivity index (χ0) is 12.5. The third kappa shape index (κ3) is 2.21. The van der Waals surface area contributed by atoms with Crippen LogP contribution in [0.1, 0.15) is 29.8 Å². The van der Waals surface area contributed by atoms with E-state index in [1.54, 1.807) is 0 Å². The van der Waals surface area contributed by atoms with E-state index in [0.717, 1.165) is 6.42 Å². The lowest BCUT2D eigenvalue weighted by Gasteiger charge is -2.38. The number of nitrogens with one attached hydrogen (secondary N) is 1. The lowest BCUT2D eigenvalue weighted by molar-refractivity contribution is -0.148. The summed E-state index contributed by atoms with van der Waals surface area (Å²) in [4.78, 5) is 30.3. The van der Waals surface area contributed by atoms with E-state index in [2.05, 4.69) is 15.3 Å². The molecule has 17 heavy (non-hydrogen) atoms. The first-order valence-corrected chi connectivity index (χ1v) is 5.45. The summed E-state index contributed by atoms with van der Waals surface area (Å²) in [6.45, 7) is 0. The van der Waals surface area contributed by atoms with Gasteiger partial charge in [0.1, 0.15) is 16.4 Å². The van der Waals surface area contributed by atoms with Gasteiger partial charge in [0.15, 0.2) is 0 Å². The van der Waals surface area contributed by atoms with Crippen LogP contribution in [0, 0.1) is 0 Å². The van der Waals surface area contributed by atoms with Gasteiger partial charge in [-0.3, -0.25) is 9.78 Å². The van der Waals surface area contributed by atoms with Crippen LogP contribution in [0.4, 0.5) is 0 Å². The third-order valence-corrected chi connectivity index (χ3v) is 2.99. The van der Waals surface area contributed by atoms with Crippen molar-refractivity contribution < 1.29 is 14.7 Å². The van der Waals surface area contributed by atoms with Crippen molar-refractivity contribution in [1.82, 2.24) is 15.3 Å². The summed E-state index contributed by atoms with van der Waals surface area (Å²) in [5, 5.41) is 11.6. The van der Waals surface area contributed by atoms with E-state index in [0.29, 0.717) is 12.8 Å². The third-order valence-electron chi connectivity index (χ3n) is 2.81. The van der Waals surface area contributed by atoms with Gasteiger partial charge in [0.05, 0.1) is 12.4 Å². The van der Waals surface area contributed by atoms with Crippen molar-refractivity contribution in [2.45, 2.75) is 24.8 Å². The van der Waals surface area contributed by atoms with E-state index in [1.807, 2.05) is 0 Å². The van der Waals surface area contributed by atoms with Crippen molar-refractivity contribution in [1.29, 1.82) is 0 Å². The van der Waals surface area contributed by atoms with Crippen molar-refractivity contribution in [3.8, 4) is 0 Å². The Balaban J connectivity index is 2.14. The summed E-state index contributed by atoms with van der Waals surface area (Å²) >= 11 is 5.60. The fraction of sp³-hybridized carbons (Fsp3) is 0.400. The lowest BCUT2D eigenvalue weighted by Crippen LogP contribution is -2.59. The predicted molar refractivity (Wildman–Crippen MR) is 58.7 cm³/mol. The summed E-state index contributed by atoms with van der Waals surface area (Å²) in [6, 6.07) is 0. The molecule has 1 fully saturated rings. The average molecular weight is 256 g/mol. The number of nitrogens with zero attached hydrogens (tertiary/aromatic N) is 2. The minimum atomic E-state index is -1.15. The minimum Gasteiger partial charge on any atom is -0.480 e. The first kappa shape index (κ1) is 11.8. The van der Waals surface area contributed by atoms with Crippen molar-refractivity contribution >= 4 is 23.5 Å². The number of carbonyl (C=O) groups excluding carboxylic acids is 1. The maximum absolute atomic E-state index is 11.8. The summed E-state index contributed by atoms with van der Waals surface area (Å²) in [5.74, 6) is -1.59. The second-order valence-corrected chi connectivity index (χ2v) is 4.31. The highest BCUT2D eigenvalue weighted by Crippen LogP contribution is 2.32. The first-order chi connectivity index (χ1) is 8.03. The van der Waals surface area contributed by atoms with Gasteiger partial charge in [-0.15, -0.1) is 0 Å². The molecule has 6 nitrogen and oxygen atoms in total. The van der Waals surface area contributed by atoms with Crippen molar-refractivity contribution in [3.63, 3.8) is 0 Å². The molecule has 1 heterocycles. The van der Waals surface area contributed by atoms with Gasteiger partial charge in [-0.25, -0.2) is 9.78 Å². The second kappa shape index (κ2) is 4.29. The number of carboxylic acid groups (broad SMARTS) is 1. The zero-order valence-electron chi connectivity index (χ0n) is 8.81. The SMILES string of the molecule is O=C(NC1(C(=O)O)CCC1)c1cncc(Cl)n1. The summed E-state index contributed by atoms with van der Waals surface area (Å²) in [7, 11) is 0. The fourth-order valence-corrected chi connectivity index (χ4v) is 1.80. The summed E-state index contributed by atoms with van der Waals surface area (Å²) < 4.78 is 0. The Hall–Kier alpha value is -1.69. The highest BCUT2D eigenvalue weighted by atomic mass is 35.5. The van der Waals surface area contributed by atoms with Gasteiger partial charge in [-0.1, -0.05) is 11.6 Å². The largest absolute Gasteiger partial charge is 0.480 e. The molecule has 1 aromatic rings. The molecule has 1 saturated carbocycles. The molecule has 1 amide bonds. The topological polar surface area (TPSA) is 92.2 Å². The molecule has 0 radical (unpaired) electrons. The molecule has 1 aliphatic rings. The van der Waals surface area contributed by atoms with Gasteiger partial charge in [0.25, 0.3) is 5.91 Å². The van der Waals surface area contributed by atoms with Gasteiger partial charge in [0, 0.05) is 0 Å². The Morgan fingerprint density at radius 1 is 1.41 bits per heavy atom. The number of aliphatic carboxylic acids is 1. The van der Waals surface area contributed by atoms with Gasteiger partial charge >= 0.3 is 5.97 Å². The van der Waals surface area contributed by atoms with Gasteiger partial charge < -0.3 is 10.4 Å². The van der Waals surface area contributed by atoms with Gasteiger partial charge in [-0.2, -0.15) is 0 Å². The van der Waals surface area contributed by atoms with Gasteiger partial charge in [0.2, 0.25) is 0 Å². The van der Waals surface area contributed by atoms with Crippen LogP contribution in [0.2, 0.25) is 5.15 Å². The molecule has 0 aliphatic heterocycles. The van der Waals surface area contributed by atoms with E-state index in [1.165, 1.54) is 12.4 Å². The minimum absolute atomic E-state index is 0.0185. The first-order valence-electron chi connectivity index (χ1n) is 5.07. The molecule has 0 bridgehead atoms. The molecule has 0 atom stereocenters. The predicted octanol–water partition coefficient (Wildman–Crippen LogP) is 0.867. The standard InChI is InChI=1S/C10H10ClN3O3/c11-7-5-12-4-6(13-7)8(15)14-10(9(16)17)2-1-3-10/h4-5H,1-3H2,(H,14,15)(H,16,17). The highest BCUT2D eigenvalue weighted by Gasteiger charge is 2.45. The van der Waals surface area contributed by atoms with E-state index in [-0.39, 0.29) is 10.8 Å². The van der Waals surface area contributed by atoms with E-state index >= 15 is 0 Å². The molecule has 0 aromatic carbocycles. The number of halogens is 1. The maximum atomic E-state index is 11.8. The van der Waals surface area contributed by atoms with Crippen molar-refractivity contribution in [2.24, 2.45) is 0 Å². The number of amides is 1. The summed E-state index contributed by atoms with van der Waals surface area (Å²) in [6.07, 6.45) is 4.20. The van der Waals surface area contributed by atoms with Crippen LogP contribution in [0.3, 0.4) is 0 Å². The molecular formula is C10H10ClN3O3. The molecule has 90 valence electrons. The smallest absolute Gasteiger partial charge is 0.329 e. The number of rotatable bonds is 3. The molecule has 7 heteroatoms. The molecule has 2 rings (SSSR count). The Labute approximate surface area is 102 Å². The lowest BCUT2D eigenvalue weighted by atomic mass is 9.76. The Bertz CT molecular complexity index is 474. The Kier molecular flexibility index (Phi) is 2.97. The number of carboxylic acids is 1. The fourth-order valence-electron chi connectivity index (χ4n) is 1.66. The Morgan fingerprint density at radius 2 is 2.12 bits per heavy atom. The van der Waals surface area contributed by atoms with Crippen molar-refractivity contribution in [3.05, 3.63) is 23.2 Å². The number of aromatic nitrogens is 2. The van der Waals surface area contributed by atoms with E-state index < -0.39 is 17.4 Å². The molecule has 0 saturated heterocycles. The van der Waals surface area contributed by atoms with E-state index in [4.69, 9.17) is 16.7 Å². The Morgan fingerprint density at radius 3 is 2.59 bits per heavy atom. The molecule has 0 spiro atoms. The van der Waals surface area contributed by atoms with Crippen molar-refractivity contribution in [2.75, 3.05) is 0 Å². The molecule has 0 unspecified atom stereocenters. The normalized spacial score (nSPS) is 17.0. The van der Waals surface area contributed by atoms with Crippen LogP contribution in [-0.2, 0) is 4.79 Å². The molecule has 1 aliphatic carbocycles. The van der Waals surface area contributed by atoms with Crippen LogP contribution < -0.4 is 5.32 Å². The van der Waals surface area contributed by atoms with E-state index in [9.17, 15) is 9.59 Å². The number of carbonyl (C=O) groups is 2. The summed E-state index contributed by atoms with van der Waals surface area (Å²) in [5.41, 5.74) is -1.13. The van der Waals surface area contributed by atoms with Crippen LogP contribution in [0.25, 0.3) is 0 Å². The van der Waals surface area contributed by atoms with Crippen LogP contribution >= 0.6 is 11.6 Å². The molecular weight excluding hydrogens is 246 g/mol. The average Bonchev–Trinajstić information content (AvgIpc) is 2.22. The van der Waals surface area contributed by atoms with Crippen LogP contribution in [0.15, 0.2) is 12.4 Å². The number of hydrogen-bond acceptors (Lipinski definition) is 4. The van der Waals surface area contributed by atoms with Crippen LogP contribution in [0.5, 0.6) is 0 Å². The highest BCUT2D eigenvalue weighted by molar-refractivity contribution is 6.29. The van der Waals surface area contributed by atoms with Gasteiger partial charge in [-0.05, 0) is 19.3 Å². The zero-order valence-corrected chi connectivity index (χ0v) is 9.57. The number of hydrogen-bond donors (Lipinski definition) is 2.